The third kappa shape index (κ3) is 3.93. The first-order valence-corrected chi connectivity index (χ1v) is 9.18. The Balaban J connectivity index is 1.56. The number of phenolic OH excluding ortho intramolecular Hbond substituents is 1. The van der Waals surface area contributed by atoms with Gasteiger partial charge in [-0.1, -0.05) is 30.3 Å². The molecular weight excluding hydrogens is 340 g/mol. The van der Waals surface area contributed by atoms with Crippen molar-refractivity contribution in [2.24, 2.45) is 5.92 Å². The molecule has 0 spiro atoms. The van der Waals surface area contributed by atoms with Gasteiger partial charge >= 0.3 is 0 Å². The molecule has 1 aromatic heterocycles. The van der Waals surface area contributed by atoms with E-state index < -0.39 is 0 Å². The van der Waals surface area contributed by atoms with E-state index in [2.05, 4.69) is 16.4 Å². The molecule has 0 saturated heterocycles. The maximum absolute atomic E-state index is 12.6. The van der Waals surface area contributed by atoms with Crippen LogP contribution in [0, 0.1) is 5.92 Å². The fourth-order valence-corrected chi connectivity index (χ4v) is 3.71. The number of aliphatic hydroxyl groups is 1. The first kappa shape index (κ1) is 17.5. The van der Waals surface area contributed by atoms with Crippen LogP contribution in [0.1, 0.15) is 30.0 Å². The third-order valence-corrected chi connectivity index (χ3v) is 5.18. The maximum atomic E-state index is 12.6. The molecule has 5 heteroatoms. The van der Waals surface area contributed by atoms with Gasteiger partial charge in [0.1, 0.15) is 5.75 Å². The third-order valence-electron chi connectivity index (χ3n) is 5.18. The van der Waals surface area contributed by atoms with Crippen LogP contribution in [0.25, 0.3) is 10.9 Å². The highest BCUT2D eigenvalue weighted by molar-refractivity contribution is 5.81. The summed E-state index contributed by atoms with van der Waals surface area (Å²) in [6, 6.07) is 16.5. The fourth-order valence-electron chi connectivity index (χ4n) is 3.71. The molecule has 27 heavy (non-hydrogen) atoms. The Bertz CT molecular complexity index is 966. The molecule has 3 aromatic rings. The summed E-state index contributed by atoms with van der Waals surface area (Å²) >= 11 is 0. The number of hydrogen-bond donors (Lipinski definition) is 3. The second kappa shape index (κ2) is 7.37. The number of hydrogen-bond acceptors (Lipinski definition) is 4. The zero-order valence-corrected chi connectivity index (χ0v) is 14.9. The first-order chi connectivity index (χ1) is 13.1. The Hall–Kier alpha value is -2.92. The lowest BCUT2D eigenvalue weighted by atomic mass is 9.75. The zero-order valence-electron chi connectivity index (χ0n) is 14.9. The van der Waals surface area contributed by atoms with E-state index in [-0.39, 0.29) is 36.1 Å². The molecule has 1 amide bonds. The molecule has 0 radical (unpaired) electrons. The standard InChI is InChI=1S/C22H22N2O3/c25-18-6-3-4-14(8-18)9-21(27)24-22(16-11-19(26)12-16)17-10-15-5-1-2-7-20(15)23-13-17/h1-8,10,13,16,19,22,25-26H,9,11-12H2,(H,24,27)/t16?,19?,22-/m1/s1. The highest BCUT2D eigenvalue weighted by atomic mass is 16.3. The number of aromatic nitrogens is 1. The van der Waals surface area contributed by atoms with Crippen molar-refractivity contribution in [3.05, 3.63) is 71.9 Å². The molecule has 4 rings (SSSR count). The van der Waals surface area contributed by atoms with Gasteiger partial charge in [0.15, 0.2) is 0 Å². The van der Waals surface area contributed by atoms with Gasteiger partial charge in [0.05, 0.1) is 24.1 Å². The van der Waals surface area contributed by atoms with Gasteiger partial charge in [-0.3, -0.25) is 9.78 Å². The second-order valence-electron chi connectivity index (χ2n) is 7.24. The van der Waals surface area contributed by atoms with Gasteiger partial charge in [-0.15, -0.1) is 0 Å². The number of pyridine rings is 1. The van der Waals surface area contributed by atoms with E-state index in [1.807, 2.05) is 36.5 Å². The smallest absolute Gasteiger partial charge is 0.224 e. The number of amides is 1. The van der Waals surface area contributed by atoms with Crippen molar-refractivity contribution in [2.75, 3.05) is 0 Å². The van der Waals surface area contributed by atoms with Crippen molar-refractivity contribution >= 4 is 16.8 Å². The maximum Gasteiger partial charge on any atom is 0.224 e. The van der Waals surface area contributed by atoms with Crippen molar-refractivity contribution in [1.29, 1.82) is 0 Å². The Labute approximate surface area is 157 Å². The highest BCUT2D eigenvalue weighted by Gasteiger charge is 2.35. The van der Waals surface area contributed by atoms with Crippen LogP contribution in [-0.2, 0) is 11.2 Å². The number of benzene rings is 2. The monoisotopic (exact) mass is 362 g/mol. The number of nitrogens with one attached hydrogen (secondary N) is 1. The predicted octanol–water partition coefficient (Wildman–Crippen LogP) is 3.11. The van der Waals surface area contributed by atoms with Crippen molar-refractivity contribution in [1.82, 2.24) is 10.3 Å². The Morgan fingerprint density at radius 3 is 2.74 bits per heavy atom. The summed E-state index contributed by atoms with van der Waals surface area (Å²) < 4.78 is 0. The lowest BCUT2D eigenvalue weighted by molar-refractivity contribution is -0.122. The molecule has 1 atom stereocenters. The highest BCUT2D eigenvalue weighted by Crippen LogP contribution is 2.38. The molecule has 138 valence electrons. The van der Waals surface area contributed by atoms with Crippen molar-refractivity contribution in [3.8, 4) is 5.75 Å². The summed E-state index contributed by atoms with van der Waals surface area (Å²) in [5, 5.41) is 23.5. The second-order valence-corrected chi connectivity index (χ2v) is 7.24. The van der Waals surface area contributed by atoms with Gasteiger partial charge in [0.2, 0.25) is 5.91 Å². The summed E-state index contributed by atoms with van der Waals surface area (Å²) in [5.41, 5.74) is 2.63. The van der Waals surface area contributed by atoms with Crippen LogP contribution >= 0.6 is 0 Å². The lowest BCUT2D eigenvalue weighted by Gasteiger charge is -2.38. The molecule has 2 aromatic carbocycles. The predicted molar refractivity (Wildman–Crippen MR) is 103 cm³/mol. The SMILES string of the molecule is O=C(Cc1cccc(O)c1)N[C@@H](c1cnc2ccccc2c1)C1CC(O)C1. The van der Waals surface area contributed by atoms with E-state index in [0.29, 0.717) is 12.8 Å². The number of rotatable bonds is 5. The number of carbonyl (C=O) groups is 1. The van der Waals surface area contributed by atoms with E-state index in [4.69, 9.17) is 0 Å². The van der Waals surface area contributed by atoms with E-state index in [9.17, 15) is 15.0 Å². The van der Waals surface area contributed by atoms with Gasteiger partial charge in [0, 0.05) is 11.6 Å². The van der Waals surface area contributed by atoms with E-state index in [1.54, 1.807) is 18.2 Å². The molecular formula is C22H22N2O3. The molecule has 1 fully saturated rings. The van der Waals surface area contributed by atoms with E-state index in [0.717, 1.165) is 22.0 Å². The first-order valence-electron chi connectivity index (χ1n) is 9.18. The Kier molecular flexibility index (Phi) is 4.77. The Morgan fingerprint density at radius 2 is 1.96 bits per heavy atom. The van der Waals surface area contributed by atoms with E-state index in [1.165, 1.54) is 0 Å². The summed E-state index contributed by atoms with van der Waals surface area (Å²) in [4.78, 5) is 17.1. The lowest BCUT2D eigenvalue weighted by Crippen LogP contribution is -2.41. The van der Waals surface area contributed by atoms with Crippen LogP contribution in [0.3, 0.4) is 0 Å². The summed E-state index contributed by atoms with van der Waals surface area (Å²) in [6.45, 7) is 0. The van der Waals surface area contributed by atoms with Gasteiger partial charge < -0.3 is 15.5 Å². The van der Waals surface area contributed by atoms with Crippen LogP contribution in [0.4, 0.5) is 0 Å². The van der Waals surface area contributed by atoms with E-state index >= 15 is 0 Å². The average Bonchev–Trinajstić information content (AvgIpc) is 2.63. The van der Waals surface area contributed by atoms with Gasteiger partial charge in [-0.05, 0) is 54.2 Å². The average molecular weight is 362 g/mol. The minimum Gasteiger partial charge on any atom is -0.508 e. The molecule has 1 aliphatic rings. The number of para-hydroxylation sites is 1. The molecule has 1 aliphatic carbocycles. The Morgan fingerprint density at radius 1 is 1.15 bits per heavy atom. The fraction of sp³-hybridized carbons (Fsp3) is 0.273. The van der Waals surface area contributed by atoms with Crippen LogP contribution in [0.2, 0.25) is 0 Å². The summed E-state index contributed by atoms with van der Waals surface area (Å²) in [5.74, 6) is 0.230. The molecule has 0 bridgehead atoms. The van der Waals surface area contributed by atoms with Crippen LogP contribution in [-0.4, -0.2) is 27.2 Å². The summed E-state index contributed by atoms with van der Waals surface area (Å²) in [7, 11) is 0. The molecule has 0 aliphatic heterocycles. The minimum absolute atomic E-state index is 0.111. The van der Waals surface area contributed by atoms with Gasteiger partial charge in [0.25, 0.3) is 0 Å². The molecule has 5 nitrogen and oxygen atoms in total. The quantitative estimate of drug-likeness (QED) is 0.651. The normalized spacial score (nSPS) is 20.0. The van der Waals surface area contributed by atoms with Crippen molar-refractivity contribution in [2.45, 2.75) is 31.4 Å². The minimum atomic E-state index is -0.297. The summed E-state index contributed by atoms with van der Waals surface area (Å²) in [6.07, 6.45) is 3.05. The van der Waals surface area contributed by atoms with Gasteiger partial charge in [-0.25, -0.2) is 0 Å². The molecule has 1 heterocycles. The molecule has 0 unspecified atom stereocenters. The van der Waals surface area contributed by atoms with Crippen LogP contribution in [0.15, 0.2) is 60.8 Å². The van der Waals surface area contributed by atoms with Crippen molar-refractivity contribution < 1.29 is 15.0 Å². The number of nitrogens with zero attached hydrogens (tertiary/aromatic N) is 1. The number of carbonyl (C=O) groups excluding carboxylic acids is 1. The number of phenols is 1. The molecule has 3 N–H and O–H groups in total. The molecule has 1 saturated carbocycles. The number of aliphatic hydroxyl groups excluding tert-OH is 1. The van der Waals surface area contributed by atoms with Crippen molar-refractivity contribution in [3.63, 3.8) is 0 Å². The van der Waals surface area contributed by atoms with Crippen LogP contribution in [0.5, 0.6) is 5.75 Å². The zero-order chi connectivity index (χ0) is 18.8. The largest absolute Gasteiger partial charge is 0.508 e. The number of fused-ring (bicyclic) bond motifs is 1. The number of aromatic hydroxyl groups is 1. The topological polar surface area (TPSA) is 82.5 Å². The van der Waals surface area contributed by atoms with Gasteiger partial charge in [-0.2, -0.15) is 0 Å². The van der Waals surface area contributed by atoms with Crippen LogP contribution < -0.4 is 5.32 Å².